The molecule has 0 unspecified atom stereocenters. The van der Waals surface area contributed by atoms with Crippen LogP contribution < -0.4 is 5.32 Å². The van der Waals surface area contributed by atoms with Crippen molar-refractivity contribution in [1.82, 2.24) is 5.32 Å². The minimum absolute atomic E-state index is 0.104. The molecular formula is C18H21F2NO7. The van der Waals surface area contributed by atoms with Crippen molar-refractivity contribution in [2.45, 2.75) is 19.4 Å². The van der Waals surface area contributed by atoms with Crippen molar-refractivity contribution < 1.29 is 42.2 Å². The average Bonchev–Trinajstić information content (AvgIpc) is 2.67. The van der Waals surface area contributed by atoms with Crippen molar-refractivity contribution in [2.24, 2.45) is 11.8 Å². The van der Waals surface area contributed by atoms with E-state index in [9.17, 15) is 28.0 Å². The summed E-state index contributed by atoms with van der Waals surface area (Å²) in [5, 5.41) is 2.31. The number of halogens is 2. The Morgan fingerprint density at radius 3 is 1.96 bits per heavy atom. The van der Waals surface area contributed by atoms with Gasteiger partial charge >= 0.3 is 17.9 Å². The summed E-state index contributed by atoms with van der Waals surface area (Å²) >= 11 is 0. The standard InChI is InChI=1S/C18H21F2NO7/c1-9(14(16(23)26-2)17(24)27-3)15(18(25)28-4)21-13(22)7-10-5-6-11(19)8-12(10)20/h5-6,8-9,14-15H,7H2,1-4H3,(H,21,22)/t9-,15-/m1/s1. The van der Waals surface area contributed by atoms with Crippen molar-refractivity contribution in [3.05, 3.63) is 35.4 Å². The molecule has 0 saturated heterocycles. The molecule has 0 radical (unpaired) electrons. The van der Waals surface area contributed by atoms with Crippen LogP contribution in [0.1, 0.15) is 12.5 Å². The molecule has 1 aromatic rings. The third-order valence-electron chi connectivity index (χ3n) is 4.10. The van der Waals surface area contributed by atoms with E-state index in [0.717, 1.165) is 33.5 Å². The number of esters is 3. The molecule has 1 amide bonds. The van der Waals surface area contributed by atoms with Gasteiger partial charge in [-0.15, -0.1) is 0 Å². The van der Waals surface area contributed by atoms with E-state index in [1.807, 2.05) is 0 Å². The third-order valence-corrected chi connectivity index (χ3v) is 4.10. The number of methoxy groups -OCH3 is 3. The van der Waals surface area contributed by atoms with Gasteiger partial charge in [-0.1, -0.05) is 13.0 Å². The lowest BCUT2D eigenvalue weighted by atomic mass is 9.87. The molecule has 0 aromatic heterocycles. The fraction of sp³-hybridized carbons (Fsp3) is 0.444. The molecule has 2 atom stereocenters. The zero-order valence-corrected chi connectivity index (χ0v) is 15.8. The first-order chi connectivity index (χ1) is 13.2. The number of rotatable bonds is 8. The van der Waals surface area contributed by atoms with Crippen LogP contribution in [0.4, 0.5) is 8.78 Å². The highest BCUT2D eigenvalue weighted by Gasteiger charge is 2.42. The molecule has 1 N–H and O–H groups in total. The first-order valence-corrected chi connectivity index (χ1v) is 8.13. The van der Waals surface area contributed by atoms with Gasteiger partial charge in [0.2, 0.25) is 5.91 Å². The van der Waals surface area contributed by atoms with Crippen molar-refractivity contribution >= 4 is 23.8 Å². The Morgan fingerprint density at radius 2 is 1.50 bits per heavy atom. The van der Waals surface area contributed by atoms with Crippen LogP contribution in [-0.4, -0.2) is 51.2 Å². The average molecular weight is 401 g/mol. The molecule has 0 spiro atoms. The van der Waals surface area contributed by atoms with Crippen LogP contribution >= 0.6 is 0 Å². The predicted octanol–water partition coefficient (Wildman–Crippen LogP) is 0.763. The minimum Gasteiger partial charge on any atom is -0.468 e. The van der Waals surface area contributed by atoms with E-state index in [1.165, 1.54) is 6.92 Å². The molecule has 0 saturated carbocycles. The summed E-state index contributed by atoms with van der Waals surface area (Å²) < 4.78 is 40.4. The molecule has 0 aliphatic heterocycles. The molecule has 0 fully saturated rings. The molecule has 0 aliphatic carbocycles. The lowest BCUT2D eigenvalue weighted by molar-refractivity contribution is -0.163. The van der Waals surface area contributed by atoms with E-state index >= 15 is 0 Å². The van der Waals surface area contributed by atoms with E-state index < -0.39 is 59.7 Å². The maximum Gasteiger partial charge on any atom is 0.328 e. The van der Waals surface area contributed by atoms with E-state index in [-0.39, 0.29) is 5.56 Å². The SMILES string of the molecule is COC(=O)C(C(=O)OC)[C@@H](C)[C@@H](NC(=O)Cc1ccc(F)cc1F)C(=O)OC. The van der Waals surface area contributed by atoms with Gasteiger partial charge in [0, 0.05) is 12.0 Å². The van der Waals surface area contributed by atoms with Crippen molar-refractivity contribution in [3.63, 3.8) is 0 Å². The number of amides is 1. The zero-order chi connectivity index (χ0) is 21.4. The van der Waals surface area contributed by atoms with E-state index in [2.05, 4.69) is 19.5 Å². The Hall–Kier alpha value is -3.04. The molecule has 154 valence electrons. The van der Waals surface area contributed by atoms with E-state index in [4.69, 9.17) is 0 Å². The van der Waals surface area contributed by atoms with Gasteiger partial charge in [-0.05, 0) is 11.6 Å². The minimum atomic E-state index is -1.51. The normalized spacial score (nSPS) is 12.7. The molecule has 8 nitrogen and oxygen atoms in total. The van der Waals surface area contributed by atoms with Crippen LogP contribution in [-0.2, 0) is 39.8 Å². The van der Waals surface area contributed by atoms with Gasteiger partial charge in [0.05, 0.1) is 27.8 Å². The van der Waals surface area contributed by atoms with Gasteiger partial charge < -0.3 is 19.5 Å². The highest BCUT2D eigenvalue weighted by molar-refractivity contribution is 5.96. The third kappa shape index (κ3) is 5.73. The molecule has 1 aromatic carbocycles. The van der Waals surface area contributed by atoms with Crippen LogP contribution in [0.2, 0.25) is 0 Å². The van der Waals surface area contributed by atoms with Crippen molar-refractivity contribution in [3.8, 4) is 0 Å². The van der Waals surface area contributed by atoms with Crippen LogP contribution in [0.25, 0.3) is 0 Å². The molecular weight excluding hydrogens is 380 g/mol. The second kappa shape index (κ2) is 10.3. The number of carbonyl (C=O) groups is 4. The summed E-state index contributed by atoms with van der Waals surface area (Å²) in [5.74, 6) is -8.02. The largest absolute Gasteiger partial charge is 0.468 e. The zero-order valence-electron chi connectivity index (χ0n) is 15.8. The molecule has 0 bridgehead atoms. The predicted molar refractivity (Wildman–Crippen MR) is 90.7 cm³/mol. The lowest BCUT2D eigenvalue weighted by Gasteiger charge is -2.27. The number of nitrogens with one attached hydrogen (secondary N) is 1. The Kier molecular flexibility index (Phi) is 8.49. The van der Waals surface area contributed by atoms with Gasteiger partial charge in [0.25, 0.3) is 0 Å². The second-order valence-corrected chi connectivity index (χ2v) is 5.86. The van der Waals surface area contributed by atoms with Gasteiger partial charge in [-0.3, -0.25) is 14.4 Å². The van der Waals surface area contributed by atoms with E-state index in [0.29, 0.717) is 6.07 Å². The first kappa shape index (κ1) is 23.0. The van der Waals surface area contributed by atoms with Crippen molar-refractivity contribution in [1.29, 1.82) is 0 Å². The summed E-state index contributed by atoms with van der Waals surface area (Å²) in [6.45, 7) is 1.35. The Bertz CT molecular complexity index is 737. The maximum absolute atomic E-state index is 13.7. The quantitative estimate of drug-likeness (QED) is 0.389. The number of hydrogen-bond acceptors (Lipinski definition) is 7. The topological polar surface area (TPSA) is 108 Å². The summed E-state index contributed by atoms with van der Waals surface area (Å²) in [7, 11) is 3.15. The monoisotopic (exact) mass is 401 g/mol. The Morgan fingerprint density at radius 1 is 0.964 bits per heavy atom. The Labute approximate surface area is 160 Å². The number of ether oxygens (including phenoxy) is 3. The fourth-order valence-corrected chi connectivity index (χ4v) is 2.57. The Balaban J connectivity index is 3.06. The van der Waals surface area contributed by atoms with Crippen LogP contribution in [0.15, 0.2) is 18.2 Å². The molecule has 10 heteroatoms. The fourth-order valence-electron chi connectivity index (χ4n) is 2.57. The van der Waals surface area contributed by atoms with Gasteiger partial charge in [0.1, 0.15) is 17.7 Å². The van der Waals surface area contributed by atoms with Gasteiger partial charge in [0.15, 0.2) is 5.92 Å². The summed E-state index contributed by atoms with van der Waals surface area (Å²) in [5.41, 5.74) is -0.104. The maximum atomic E-state index is 13.7. The van der Waals surface area contributed by atoms with E-state index in [1.54, 1.807) is 0 Å². The lowest BCUT2D eigenvalue weighted by Crippen LogP contribution is -2.51. The molecule has 0 heterocycles. The van der Waals surface area contributed by atoms with Crippen LogP contribution in [0.3, 0.4) is 0 Å². The number of benzene rings is 1. The highest BCUT2D eigenvalue weighted by atomic mass is 19.1. The van der Waals surface area contributed by atoms with Crippen LogP contribution in [0.5, 0.6) is 0 Å². The molecule has 28 heavy (non-hydrogen) atoms. The molecule has 1 rings (SSSR count). The molecule has 0 aliphatic rings. The van der Waals surface area contributed by atoms with Gasteiger partial charge in [-0.2, -0.15) is 0 Å². The summed E-state index contributed by atoms with van der Waals surface area (Å²) in [4.78, 5) is 48.3. The highest BCUT2D eigenvalue weighted by Crippen LogP contribution is 2.21. The second-order valence-electron chi connectivity index (χ2n) is 5.86. The summed E-state index contributed by atoms with van der Waals surface area (Å²) in [6.07, 6.45) is -0.507. The van der Waals surface area contributed by atoms with Gasteiger partial charge in [-0.25, -0.2) is 13.6 Å². The van der Waals surface area contributed by atoms with Crippen molar-refractivity contribution in [2.75, 3.05) is 21.3 Å². The number of carbonyl (C=O) groups excluding carboxylic acids is 4. The smallest absolute Gasteiger partial charge is 0.328 e. The summed E-state index contributed by atoms with van der Waals surface area (Å²) in [6, 6.07) is 1.26. The van der Waals surface area contributed by atoms with Crippen LogP contribution in [0, 0.1) is 23.5 Å². The number of hydrogen-bond donors (Lipinski definition) is 1. The first-order valence-electron chi connectivity index (χ1n) is 8.13.